The Bertz CT molecular complexity index is 493. The van der Waals surface area contributed by atoms with Gasteiger partial charge in [0.15, 0.2) is 0 Å². The second-order valence-electron chi connectivity index (χ2n) is 9.14. The SMILES string of the molecule is CC(C)OCCCC(=O)N(C)CCN(CCN1CCCCC1)C(=O)CCCOC(C)C. The van der Waals surface area contributed by atoms with Crippen LogP contribution in [0.15, 0.2) is 0 Å². The second kappa shape index (κ2) is 16.5. The maximum atomic E-state index is 12.8. The van der Waals surface area contributed by atoms with Gasteiger partial charge in [0, 0.05) is 59.3 Å². The van der Waals surface area contributed by atoms with E-state index < -0.39 is 0 Å². The third kappa shape index (κ3) is 13.8. The van der Waals surface area contributed by atoms with E-state index in [0.29, 0.717) is 39.1 Å². The summed E-state index contributed by atoms with van der Waals surface area (Å²) in [5, 5.41) is 0. The van der Waals surface area contributed by atoms with E-state index in [1.807, 2.05) is 39.6 Å². The van der Waals surface area contributed by atoms with E-state index in [9.17, 15) is 9.59 Å². The average Bonchev–Trinajstić information content (AvgIpc) is 2.74. The number of ether oxygens (including phenoxy) is 2. The van der Waals surface area contributed by atoms with E-state index in [0.717, 1.165) is 39.0 Å². The Labute approximate surface area is 190 Å². The van der Waals surface area contributed by atoms with Crippen LogP contribution in [0.5, 0.6) is 0 Å². The lowest BCUT2D eigenvalue weighted by Crippen LogP contribution is -2.44. The van der Waals surface area contributed by atoms with E-state index in [1.165, 1.54) is 19.3 Å². The minimum atomic E-state index is 0.112. The summed E-state index contributed by atoms with van der Waals surface area (Å²) in [6, 6.07) is 0. The van der Waals surface area contributed by atoms with Gasteiger partial charge in [-0.2, -0.15) is 0 Å². The van der Waals surface area contributed by atoms with Crippen LogP contribution in [-0.4, -0.2) is 98.3 Å². The maximum absolute atomic E-state index is 12.8. The molecule has 1 rings (SSSR count). The zero-order valence-electron chi connectivity index (χ0n) is 20.7. The fourth-order valence-corrected chi connectivity index (χ4v) is 3.64. The van der Waals surface area contributed by atoms with Crippen molar-refractivity contribution in [2.75, 3.05) is 59.5 Å². The van der Waals surface area contributed by atoms with Crippen molar-refractivity contribution in [1.29, 1.82) is 0 Å². The van der Waals surface area contributed by atoms with Gasteiger partial charge in [-0.1, -0.05) is 6.42 Å². The van der Waals surface area contributed by atoms with Crippen molar-refractivity contribution in [2.24, 2.45) is 0 Å². The molecule has 0 spiro atoms. The van der Waals surface area contributed by atoms with Crippen LogP contribution >= 0.6 is 0 Å². The zero-order chi connectivity index (χ0) is 23.1. The predicted octanol–water partition coefficient (Wildman–Crippen LogP) is 3.17. The summed E-state index contributed by atoms with van der Waals surface area (Å²) in [5.74, 6) is 0.275. The molecule has 31 heavy (non-hydrogen) atoms. The summed E-state index contributed by atoms with van der Waals surface area (Å²) in [4.78, 5) is 31.4. The molecule has 182 valence electrons. The van der Waals surface area contributed by atoms with Crippen molar-refractivity contribution in [3.8, 4) is 0 Å². The molecule has 0 N–H and O–H groups in total. The van der Waals surface area contributed by atoms with Crippen molar-refractivity contribution in [1.82, 2.24) is 14.7 Å². The highest BCUT2D eigenvalue weighted by molar-refractivity contribution is 5.77. The molecule has 1 aliphatic heterocycles. The number of carbonyl (C=O) groups is 2. The van der Waals surface area contributed by atoms with Crippen molar-refractivity contribution in [2.45, 2.75) is 84.8 Å². The lowest BCUT2D eigenvalue weighted by atomic mass is 10.1. The molecule has 1 saturated heterocycles. The molecule has 7 heteroatoms. The third-order valence-corrected chi connectivity index (χ3v) is 5.59. The van der Waals surface area contributed by atoms with Gasteiger partial charge in [-0.15, -0.1) is 0 Å². The van der Waals surface area contributed by atoms with Gasteiger partial charge in [-0.3, -0.25) is 9.59 Å². The second-order valence-corrected chi connectivity index (χ2v) is 9.14. The standard InChI is InChI=1S/C24H47N3O4/c1-21(2)30-19-9-11-23(28)25(5)15-17-27(18-16-26-13-7-6-8-14-26)24(29)12-10-20-31-22(3)4/h21-22H,6-20H2,1-5H3. The molecule has 1 aliphatic rings. The van der Waals surface area contributed by atoms with Gasteiger partial charge in [0.25, 0.3) is 0 Å². The van der Waals surface area contributed by atoms with Crippen LogP contribution in [-0.2, 0) is 19.1 Å². The largest absolute Gasteiger partial charge is 0.379 e. The summed E-state index contributed by atoms with van der Waals surface area (Å²) >= 11 is 0. The van der Waals surface area contributed by atoms with Crippen LogP contribution < -0.4 is 0 Å². The molecule has 0 aromatic heterocycles. The van der Waals surface area contributed by atoms with E-state index in [2.05, 4.69) is 4.90 Å². The molecule has 0 aromatic carbocycles. The molecule has 0 unspecified atom stereocenters. The van der Waals surface area contributed by atoms with Gasteiger partial charge in [0.1, 0.15) is 0 Å². The number of piperidine rings is 1. The first-order chi connectivity index (χ1) is 14.8. The van der Waals surface area contributed by atoms with Crippen LogP contribution in [0.3, 0.4) is 0 Å². The van der Waals surface area contributed by atoms with Crippen LogP contribution in [0.4, 0.5) is 0 Å². The molecule has 0 aliphatic carbocycles. The van der Waals surface area contributed by atoms with Crippen LogP contribution in [0.25, 0.3) is 0 Å². The lowest BCUT2D eigenvalue weighted by Gasteiger charge is -2.31. The number of hydrogen-bond acceptors (Lipinski definition) is 5. The fourth-order valence-electron chi connectivity index (χ4n) is 3.64. The van der Waals surface area contributed by atoms with Crippen LogP contribution in [0.1, 0.15) is 72.6 Å². The molecule has 0 saturated carbocycles. The molecule has 0 bridgehead atoms. The van der Waals surface area contributed by atoms with E-state index >= 15 is 0 Å². The fraction of sp³-hybridized carbons (Fsp3) is 0.917. The third-order valence-electron chi connectivity index (χ3n) is 5.59. The first kappa shape index (κ1) is 27.9. The summed E-state index contributed by atoms with van der Waals surface area (Å²) in [5.41, 5.74) is 0. The van der Waals surface area contributed by atoms with Gasteiger partial charge < -0.3 is 24.2 Å². The quantitative estimate of drug-likeness (QED) is 0.344. The Hall–Kier alpha value is -1.18. The summed E-state index contributed by atoms with van der Waals surface area (Å²) in [6.07, 6.45) is 6.64. The number of likely N-dealkylation sites (tertiary alicyclic amines) is 1. The molecule has 0 radical (unpaired) electrons. The first-order valence-corrected chi connectivity index (χ1v) is 12.3. The number of likely N-dealkylation sites (N-methyl/N-ethyl adjacent to an activating group) is 1. The average molecular weight is 442 g/mol. The van der Waals surface area contributed by atoms with Gasteiger partial charge in [-0.25, -0.2) is 0 Å². The smallest absolute Gasteiger partial charge is 0.222 e. The highest BCUT2D eigenvalue weighted by Crippen LogP contribution is 2.09. The van der Waals surface area contributed by atoms with Crippen molar-refractivity contribution < 1.29 is 19.1 Å². The minimum Gasteiger partial charge on any atom is -0.379 e. The Morgan fingerprint density at radius 3 is 1.90 bits per heavy atom. The van der Waals surface area contributed by atoms with Crippen molar-refractivity contribution in [3.05, 3.63) is 0 Å². The molecule has 0 atom stereocenters. The molecular formula is C24H47N3O4. The highest BCUT2D eigenvalue weighted by Gasteiger charge is 2.18. The molecule has 2 amide bonds. The monoisotopic (exact) mass is 441 g/mol. The maximum Gasteiger partial charge on any atom is 0.222 e. The number of nitrogens with zero attached hydrogens (tertiary/aromatic N) is 3. The number of hydrogen-bond donors (Lipinski definition) is 0. The van der Waals surface area contributed by atoms with E-state index in [-0.39, 0.29) is 24.0 Å². The van der Waals surface area contributed by atoms with Crippen LogP contribution in [0, 0.1) is 0 Å². The molecule has 7 nitrogen and oxygen atoms in total. The minimum absolute atomic E-state index is 0.112. The molecular weight excluding hydrogens is 394 g/mol. The summed E-state index contributed by atoms with van der Waals surface area (Å²) in [7, 11) is 1.83. The Balaban J connectivity index is 2.45. The van der Waals surface area contributed by atoms with Crippen LogP contribution in [0.2, 0.25) is 0 Å². The highest BCUT2D eigenvalue weighted by atomic mass is 16.5. The Kier molecular flexibility index (Phi) is 14.8. The predicted molar refractivity (Wildman–Crippen MR) is 125 cm³/mol. The topological polar surface area (TPSA) is 62.3 Å². The van der Waals surface area contributed by atoms with Gasteiger partial charge in [0.05, 0.1) is 12.2 Å². The summed E-state index contributed by atoms with van der Waals surface area (Å²) in [6.45, 7) is 14.3. The Morgan fingerprint density at radius 2 is 1.35 bits per heavy atom. The van der Waals surface area contributed by atoms with Gasteiger partial charge in [0.2, 0.25) is 11.8 Å². The van der Waals surface area contributed by atoms with Crippen molar-refractivity contribution in [3.63, 3.8) is 0 Å². The lowest BCUT2D eigenvalue weighted by molar-refractivity contribution is -0.135. The molecule has 1 heterocycles. The van der Waals surface area contributed by atoms with Crippen molar-refractivity contribution >= 4 is 11.8 Å². The first-order valence-electron chi connectivity index (χ1n) is 12.3. The molecule has 1 fully saturated rings. The number of carbonyl (C=O) groups excluding carboxylic acids is 2. The van der Waals surface area contributed by atoms with Gasteiger partial charge >= 0.3 is 0 Å². The van der Waals surface area contributed by atoms with E-state index in [1.54, 1.807) is 4.90 Å². The van der Waals surface area contributed by atoms with Gasteiger partial charge in [-0.05, 0) is 66.5 Å². The Morgan fingerprint density at radius 1 is 0.806 bits per heavy atom. The van der Waals surface area contributed by atoms with E-state index in [4.69, 9.17) is 9.47 Å². The number of rotatable bonds is 16. The normalized spacial score (nSPS) is 14.9. The zero-order valence-corrected chi connectivity index (χ0v) is 20.7. The molecule has 0 aromatic rings. The number of amides is 2. The summed E-state index contributed by atoms with van der Waals surface area (Å²) < 4.78 is 11.1.